The van der Waals surface area contributed by atoms with Crippen molar-refractivity contribution in [3.63, 3.8) is 0 Å². The lowest BCUT2D eigenvalue weighted by Crippen LogP contribution is -2.01. The second kappa shape index (κ2) is 4.54. The van der Waals surface area contributed by atoms with Crippen LogP contribution >= 0.6 is 0 Å². The first-order valence-electron chi connectivity index (χ1n) is 4.46. The van der Waals surface area contributed by atoms with Gasteiger partial charge < -0.3 is 4.90 Å². The summed E-state index contributed by atoms with van der Waals surface area (Å²) in [4.78, 5) is 16.1. The van der Waals surface area contributed by atoms with Gasteiger partial charge in [0, 0.05) is 32.6 Å². The fraction of sp³-hybridized carbons (Fsp3) is 0.300. The van der Waals surface area contributed by atoms with Gasteiger partial charge in [0.1, 0.15) is 5.69 Å². The second-order valence-corrected chi connectivity index (χ2v) is 3.45. The van der Waals surface area contributed by atoms with E-state index in [1.165, 1.54) is 6.07 Å². The van der Waals surface area contributed by atoms with E-state index in [0.29, 0.717) is 5.69 Å². The van der Waals surface area contributed by atoms with Crippen LogP contribution in [0.5, 0.6) is 0 Å². The minimum Gasteiger partial charge on any atom is -0.383 e. The van der Waals surface area contributed by atoms with E-state index in [4.69, 9.17) is 0 Å². The van der Waals surface area contributed by atoms with Crippen molar-refractivity contribution in [2.24, 2.45) is 0 Å². The number of hydrogen-bond acceptors (Lipinski definition) is 4. The average molecular weight is 207 g/mol. The largest absolute Gasteiger partial charge is 0.383 e. The molecule has 0 amide bonds. The average Bonchev–Trinajstić information content (AvgIpc) is 2.15. The highest BCUT2D eigenvalue weighted by molar-refractivity contribution is 5.57. The Morgan fingerprint density at radius 3 is 2.73 bits per heavy atom. The summed E-state index contributed by atoms with van der Waals surface area (Å²) in [5, 5.41) is 10.7. The van der Waals surface area contributed by atoms with Crippen LogP contribution < -0.4 is 0 Å². The highest BCUT2D eigenvalue weighted by Crippen LogP contribution is 2.18. The summed E-state index contributed by atoms with van der Waals surface area (Å²) in [5.74, 6) is 0. The van der Waals surface area contributed by atoms with Gasteiger partial charge in [-0.1, -0.05) is 0 Å². The smallest absolute Gasteiger partial charge is 0.295 e. The molecule has 1 aromatic heterocycles. The van der Waals surface area contributed by atoms with Crippen molar-refractivity contribution in [1.29, 1.82) is 0 Å². The molecule has 0 saturated heterocycles. The van der Waals surface area contributed by atoms with Crippen LogP contribution in [0.25, 0.3) is 6.08 Å². The Morgan fingerprint density at radius 2 is 2.20 bits per heavy atom. The third-order valence-electron chi connectivity index (χ3n) is 1.76. The number of aryl methyl sites for hydroxylation is 1. The first-order valence-corrected chi connectivity index (χ1v) is 4.46. The summed E-state index contributed by atoms with van der Waals surface area (Å²) in [6.07, 6.45) is 4.96. The maximum atomic E-state index is 10.7. The van der Waals surface area contributed by atoms with Crippen molar-refractivity contribution >= 4 is 11.8 Å². The maximum Gasteiger partial charge on any atom is 0.295 e. The molecule has 5 heteroatoms. The molecule has 0 atom stereocenters. The maximum absolute atomic E-state index is 10.7. The molecule has 15 heavy (non-hydrogen) atoms. The van der Waals surface area contributed by atoms with E-state index in [1.54, 1.807) is 30.3 Å². The molecule has 1 aromatic rings. The van der Waals surface area contributed by atoms with Gasteiger partial charge in [0.15, 0.2) is 0 Å². The summed E-state index contributed by atoms with van der Waals surface area (Å²) in [6.45, 7) is 1.78. The molecule has 0 fully saturated rings. The first kappa shape index (κ1) is 11.2. The molecule has 0 aliphatic carbocycles. The van der Waals surface area contributed by atoms with Gasteiger partial charge in [0.25, 0.3) is 5.69 Å². The standard InChI is InChI=1S/C10H13N3O2/c1-8-6-10(13(14)15)9(11-7-8)4-5-12(2)3/h4-7H,1-3H3/b5-4+. The Bertz CT molecular complexity index is 400. The molecule has 0 aliphatic rings. The van der Waals surface area contributed by atoms with Gasteiger partial charge in [-0.05, 0) is 18.6 Å². The van der Waals surface area contributed by atoms with Crippen molar-refractivity contribution < 1.29 is 4.92 Å². The van der Waals surface area contributed by atoms with Crippen LogP contribution in [-0.2, 0) is 0 Å². The number of pyridine rings is 1. The Labute approximate surface area is 88.2 Å². The predicted molar refractivity (Wildman–Crippen MR) is 58.3 cm³/mol. The Morgan fingerprint density at radius 1 is 1.53 bits per heavy atom. The van der Waals surface area contributed by atoms with Crippen LogP contribution in [-0.4, -0.2) is 28.9 Å². The van der Waals surface area contributed by atoms with Crippen LogP contribution in [0.3, 0.4) is 0 Å². The van der Waals surface area contributed by atoms with Gasteiger partial charge in [-0.25, -0.2) is 4.98 Å². The van der Waals surface area contributed by atoms with Crippen molar-refractivity contribution in [3.8, 4) is 0 Å². The third-order valence-corrected chi connectivity index (χ3v) is 1.76. The predicted octanol–water partition coefficient (Wildman–Crippen LogP) is 1.83. The van der Waals surface area contributed by atoms with Crippen molar-refractivity contribution in [1.82, 2.24) is 9.88 Å². The number of nitrogens with zero attached hydrogens (tertiary/aromatic N) is 3. The minimum absolute atomic E-state index is 0.0353. The molecule has 0 aromatic carbocycles. The molecule has 0 N–H and O–H groups in total. The zero-order chi connectivity index (χ0) is 11.4. The molecular formula is C10H13N3O2. The Kier molecular flexibility index (Phi) is 3.38. The van der Waals surface area contributed by atoms with E-state index in [2.05, 4.69) is 4.98 Å². The first-order chi connectivity index (χ1) is 7.00. The Hall–Kier alpha value is -1.91. The van der Waals surface area contributed by atoms with Crippen LogP contribution in [0.4, 0.5) is 5.69 Å². The molecular weight excluding hydrogens is 194 g/mol. The molecule has 1 heterocycles. The van der Waals surface area contributed by atoms with Crippen LogP contribution in [0.2, 0.25) is 0 Å². The third kappa shape index (κ3) is 3.05. The molecule has 0 radical (unpaired) electrons. The Balaban J connectivity index is 3.12. The van der Waals surface area contributed by atoms with E-state index in [-0.39, 0.29) is 5.69 Å². The highest BCUT2D eigenvalue weighted by Gasteiger charge is 2.12. The van der Waals surface area contributed by atoms with Crippen LogP contribution in [0.15, 0.2) is 18.5 Å². The molecule has 80 valence electrons. The number of hydrogen-bond donors (Lipinski definition) is 0. The fourth-order valence-electron chi connectivity index (χ4n) is 1.06. The monoisotopic (exact) mass is 207 g/mol. The van der Waals surface area contributed by atoms with E-state index in [1.807, 2.05) is 14.1 Å². The van der Waals surface area contributed by atoms with Crippen LogP contribution in [0, 0.1) is 17.0 Å². The van der Waals surface area contributed by atoms with Gasteiger partial charge in [-0.15, -0.1) is 0 Å². The fourth-order valence-corrected chi connectivity index (χ4v) is 1.06. The van der Waals surface area contributed by atoms with E-state index in [9.17, 15) is 10.1 Å². The summed E-state index contributed by atoms with van der Waals surface area (Å²) < 4.78 is 0. The molecule has 0 aliphatic heterocycles. The molecule has 5 nitrogen and oxygen atoms in total. The van der Waals surface area contributed by atoms with Gasteiger partial charge in [-0.3, -0.25) is 10.1 Å². The van der Waals surface area contributed by atoms with Crippen LogP contribution in [0.1, 0.15) is 11.3 Å². The lowest BCUT2D eigenvalue weighted by molar-refractivity contribution is -0.385. The molecule has 1 rings (SSSR count). The summed E-state index contributed by atoms with van der Waals surface area (Å²) in [5.41, 5.74) is 1.19. The lowest BCUT2D eigenvalue weighted by Gasteiger charge is -2.03. The molecule has 0 saturated carbocycles. The van der Waals surface area contributed by atoms with Crippen molar-refractivity contribution in [2.75, 3.05) is 14.1 Å². The molecule has 0 bridgehead atoms. The van der Waals surface area contributed by atoms with E-state index < -0.39 is 4.92 Å². The SMILES string of the molecule is Cc1cnc(/C=C/N(C)C)c([N+](=O)[O-])c1. The minimum atomic E-state index is -0.421. The highest BCUT2D eigenvalue weighted by atomic mass is 16.6. The second-order valence-electron chi connectivity index (χ2n) is 3.45. The quantitative estimate of drug-likeness (QED) is 0.560. The summed E-state index contributed by atoms with van der Waals surface area (Å²) in [7, 11) is 3.69. The van der Waals surface area contributed by atoms with Crippen molar-refractivity contribution in [3.05, 3.63) is 39.8 Å². The summed E-state index contributed by atoms with van der Waals surface area (Å²) >= 11 is 0. The zero-order valence-corrected chi connectivity index (χ0v) is 8.97. The topological polar surface area (TPSA) is 59.3 Å². The van der Waals surface area contributed by atoms with Gasteiger partial charge in [-0.2, -0.15) is 0 Å². The van der Waals surface area contributed by atoms with Gasteiger partial charge >= 0.3 is 0 Å². The van der Waals surface area contributed by atoms with Gasteiger partial charge in [0.05, 0.1) is 4.92 Å². The van der Waals surface area contributed by atoms with E-state index in [0.717, 1.165) is 5.56 Å². The number of aromatic nitrogens is 1. The number of rotatable bonds is 3. The van der Waals surface area contributed by atoms with Gasteiger partial charge in [0.2, 0.25) is 0 Å². The molecule has 0 unspecified atom stereocenters. The van der Waals surface area contributed by atoms with Crippen molar-refractivity contribution in [2.45, 2.75) is 6.92 Å². The zero-order valence-electron chi connectivity index (χ0n) is 8.97. The number of nitro groups is 1. The normalized spacial score (nSPS) is 10.6. The lowest BCUT2D eigenvalue weighted by atomic mass is 10.2. The summed E-state index contributed by atoms with van der Waals surface area (Å²) in [6, 6.07) is 1.52. The van der Waals surface area contributed by atoms with E-state index >= 15 is 0 Å². The molecule has 0 spiro atoms.